The highest BCUT2D eigenvalue weighted by Gasteiger charge is 2.03. The topological polar surface area (TPSA) is 60.9 Å². The number of benzene rings is 1. The van der Waals surface area contributed by atoms with Crippen molar-refractivity contribution in [3.8, 4) is 0 Å². The van der Waals surface area contributed by atoms with Crippen molar-refractivity contribution in [1.82, 2.24) is 9.97 Å². The summed E-state index contributed by atoms with van der Waals surface area (Å²) >= 11 is 5.85. The van der Waals surface area contributed by atoms with Crippen molar-refractivity contribution in [1.29, 1.82) is 0 Å². The molecule has 15 heavy (non-hydrogen) atoms. The SMILES string of the molecule is CC(O)CNc1nc2ccc(Cl)cc2[nH]1. The molecule has 80 valence electrons. The number of rotatable bonds is 3. The minimum Gasteiger partial charge on any atom is -0.392 e. The molecule has 3 N–H and O–H groups in total. The fraction of sp³-hybridized carbons (Fsp3) is 0.300. The molecule has 1 unspecified atom stereocenters. The lowest BCUT2D eigenvalue weighted by molar-refractivity contribution is 0.208. The Morgan fingerprint density at radius 1 is 1.60 bits per heavy atom. The Morgan fingerprint density at radius 2 is 2.40 bits per heavy atom. The number of fused-ring (bicyclic) bond motifs is 1. The molecular weight excluding hydrogens is 214 g/mol. The van der Waals surface area contributed by atoms with Crippen molar-refractivity contribution in [3.05, 3.63) is 23.2 Å². The number of aliphatic hydroxyl groups is 1. The second-order valence-electron chi connectivity index (χ2n) is 3.48. The van der Waals surface area contributed by atoms with Gasteiger partial charge in [0.15, 0.2) is 0 Å². The summed E-state index contributed by atoms with van der Waals surface area (Å²) in [5.41, 5.74) is 1.74. The van der Waals surface area contributed by atoms with Gasteiger partial charge in [-0.3, -0.25) is 0 Å². The minimum absolute atomic E-state index is 0.401. The first-order valence-corrected chi connectivity index (χ1v) is 5.10. The maximum absolute atomic E-state index is 9.11. The quantitative estimate of drug-likeness (QED) is 0.749. The summed E-state index contributed by atoms with van der Waals surface area (Å²) in [4.78, 5) is 7.36. The number of H-pyrrole nitrogens is 1. The molecule has 5 heteroatoms. The molecule has 0 saturated carbocycles. The van der Waals surface area contributed by atoms with E-state index in [0.29, 0.717) is 17.5 Å². The molecule has 0 radical (unpaired) electrons. The van der Waals surface area contributed by atoms with Crippen LogP contribution in [0, 0.1) is 0 Å². The highest BCUT2D eigenvalue weighted by atomic mass is 35.5. The third-order valence-corrected chi connectivity index (χ3v) is 2.24. The summed E-state index contributed by atoms with van der Waals surface area (Å²) in [6, 6.07) is 5.46. The van der Waals surface area contributed by atoms with Crippen LogP contribution >= 0.6 is 11.6 Å². The highest BCUT2D eigenvalue weighted by molar-refractivity contribution is 6.31. The lowest BCUT2D eigenvalue weighted by Gasteiger charge is -2.03. The number of aromatic amines is 1. The molecular formula is C10H12ClN3O. The zero-order valence-corrected chi connectivity index (χ0v) is 9.04. The summed E-state index contributed by atoms with van der Waals surface area (Å²) in [6.07, 6.45) is -0.401. The average molecular weight is 226 g/mol. The fourth-order valence-corrected chi connectivity index (χ4v) is 1.48. The van der Waals surface area contributed by atoms with Crippen LogP contribution in [0.4, 0.5) is 5.95 Å². The van der Waals surface area contributed by atoms with Gasteiger partial charge in [-0.05, 0) is 25.1 Å². The molecule has 0 fully saturated rings. The van der Waals surface area contributed by atoms with Gasteiger partial charge < -0.3 is 15.4 Å². The summed E-state index contributed by atoms with van der Waals surface area (Å²) in [5, 5.41) is 12.8. The molecule has 2 rings (SSSR count). The smallest absolute Gasteiger partial charge is 0.201 e. The van der Waals surface area contributed by atoms with Crippen LogP contribution in [0.2, 0.25) is 5.02 Å². The number of imidazole rings is 1. The Bertz CT molecular complexity index is 467. The molecule has 0 bridgehead atoms. The zero-order chi connectivity index (χ0) is 10.8. The lowest BCUT2D eigenvalue weighted by Crippen LogP contribution is -2.15. The predicted molar refractivity (Wildman–Crippen MR) is 61.3 cm³/mol. The standard InChI is InChI=1S/C10H12ClN3O/c1-6(15)5-12-10-13-8-3-2-7(11)4-9(8)14-10/h2-4,6,15H,5H2,1H3,(H2,12,13,14). The van der Waals surface area contributed by atoms with Crippen LogP contribution < -0.4 is 5.32 Å². The monoisotopic (exact) mass is 225 g/mol. The average Bonchev–Trinajstić information content (AvgIpc) is 2.56. The third-order valence-electron chi connectivity index (χ3n) is 2.01. The van der Waals surface area contributed by atoms with E-state index in [1.807, 2.05) is 12.1 Å². The Hall–Kier alpha value is -1.26. The van der Waals surface area contributed by atoms with Crippen LogP contribution in [0.25, 0.3) is 11.0 Å². The van der Waals surface area contributed by atoms with E-state index in [1.165, 1.54) is 0 Å². The number of aromatic nitrogens is 2. The number of aliphatic hydroxyl groups excluding tert-OH is 1. The first kappa shape index (κ1) is 10.3. The number of hydrogen-bond acceptors (Lipinski definition) is 3. The third kappa shape index (κ3) is 2.40. The van der Waals surface area contributed by atoms with E-state index in [0.717, 1.165) is 11.0 Å². The Balaban J connectivity index is 2.23. The van der Waals surface area contributed by atoms with Crippen LogP contribution in [0.5, 0.6) is 0 Å². The number of halogens is 1. The molecule has 0 aliphatic heterocycles. The summed E-state index contributed by atoms with van der Waals surface area (Å²) in [5.74, 6) is 0.646. The van der Waals surface area contributed by atoms with Gasteiger partial charge in [-0.1, -0.05) is 11.6 Å². The Labute approximate surface area is 92.3 Å². The maximum Gasteiger partial charge on any atom is 0.201 e. The van der Waals surface area contributed by atoms with Crippen LogP contribution in [0.1, 0.15) is 6.92 Å². The van der Waals surface area contributed by atoms with E-state index in [1.54, 1.807) is 13.0 Å². The largest absolute Gasteiger partial charge is 0.392 e. The first-order valence-electron chi connectivity index (χ1n) is 4.72. The van der Waals surface area contributed by atoms with Gasteiger partial charge in [0.05, 0.1) is 17.1 Å². The highest BCUT2D eigenvalue weighted by Crippen LogP contribution is 2.18. The van der Waals surface area contributed by atoms with Gasteiger partial charge in [0.1, 0.15) is 0 Å². The maximum atomic E-state index is 9.11. The zero-order valence-electron chi connectivity index (χ0n) is 8.29. The van der Waals surface area contributed by atoms with Gasteiger partial charge in [-0.15, -0.1) is 0 Å². The molecule has 2 aromatic rings. The number of anilines is 1. The number of hydrogen-bond donors (Lipinski definition) is 3. The predicted octanol–water partition coefficient (Wildman–Crippen LogP) is 2.01. The van der Waals surface area contributed by atoms with Gasteiger partial charge >= 0.3 is 0 Å². The molecule has 0 aliphatic carbocycles. The molecule has 1 aromatic heterocycles. The Kier molecular flexibility index (Phi) is 2.79. The summed E-state index contributed by atoms with van der Waals surface area (Å²) in [6.45, 7) is 2.18. The van der Waals surface area contributed by atoms with Gasteiger partial charge in [0, 0.05) is 11.6 Å². The summed E-state index contributed by atoms with van der Waals surface area (Å²) < 4.78 is 0. The number of nitrogens with zero attached hydrogens (tertiary/aromatic N) is 1. The van der Waals surface area contributed by atoms with Crippen LogP contribution in [-0.2, 0) is 0 Å². The fourth-order valence-electron chi connectivity index (χ4n) is 1.31. The second-order valence-corrected chi connectivity index (χ2v) is 3.91. The van der Waals surface area contributed by atoms with Crippen LogP contribution in [0.15, 0.2) is 18.2 Å². The second kappa shape index (κ2) is 4.08. The van der Waals surface area contributed by atoms with E-state index in [9.17, 15) is 0 Å². The molecule has 0 saturated heterocycles. The van der Waals surface area contributed by atoms with E-state index in [2.05, 4.69) is 15.3 Å². The van der Waals surface area contributed by atoms with Crippen molar-refractivity contribution in [2.75, 3.05) is 11.9 Å². The minimum atomic E-state index is -0.401. The van der Waals surface area contributed by atoms with Crippen molar-refractivity contribution in [2.24, 2.45) is 0 Å². The molecule has 0 amide bonds. The van der Waals surface area contributed by atoms with Crippen molar-refractivity contribution < 1.29 is 5.11 Å². The molecule has 4 nitrogen and oxygen atoms in total. The van der Waals surface area contributed by atoms with Gasteiger partial charge in [0.2, 0.25) is 5.95 Å². The van der Waals surface area contributed by atoms with Gasteiger partial charge in [-0.25, -0.2) is 4.98 Å². The molecule has 1 aromatic carbocycles. The molecule has 1 heterocycles. The molecule has 0 aliphatic rings. The van der Waals surface area contributed by atoms with E-state index in [4.69, 9.17) is 16.7 Å². The Morgan fingerprint density at radius 3 is 3.13 bits per heavy atom. The van der Waals surface area contributed by atoms with Crippen molar-refractivity contribution in [3.63, 3.8) is 0 Å². The van der Waals surface area contributed by atoms with Crippen molar-refractivity contribution >= 4 is 28.6 Å². The normalized spacial score (nSPS) is 13.0. The molecule has 0 spiro atoms. The van der Waals surface area contributed by atoms with E-state index >= 15 is 0 Å². The first-order chi connectivity index (χ1) is 7.15. The van der Waals surface area contributed by atoms with Crippen LogP contribution in [-0.4, -0.2) is 27.7 Å². The van der Waals surface area contributed by atoms with E-state index < -0.39 is 6.10 Å². The summed E-state index contributed by atoms with van der Waals surface area (Å²) in [7, 11) is 0. The molecule has 1 atom stereocenters. The van der Waals surface area contributed by atoms with Gasteiger partial charge in [0.25, 0.3) is 0 Å². The van der Waals surface area contributed by atoms with Crippen LogP contribution in [0.3, 0.4) is 0 Å². The van der Waals surface area contributed by atoms with Crippen molar-refractivity contribution in [2.45, 2.75) is 13.0 Å². The number of nitrogens with one attached hydrogen (secondary N) is 2. The van der Waals surface area contributed by atoms with E-state index in [-0.39, 0.29) is 0 Å². The van der Waals surface area contributed by atoms with Gasteiger partial charge in [-0.2, -0.15) is 0 Å². The lowest BCUT2D eigenvalue weighted by atomic mass is 10.3.